The van der Waals surface area contributed by atoms with Crippen LogP contribution < -0.4 is 5.32 Å². The minimum Gasteiger partial charge on any atom is -0.459 e. The van der Waals surface area contributed by atoms with Gasteiger partial charge in [0.1, 0.15) is 11.9 Å². The van der Waals surface area contributed by atoms with E-state index in [1.165, 1.54) is 12.1 Å². The molecule has 3 aliphatic heterocycles. The van der Waals surface area contributed by atoms with Crippen LogP contribution >= 0.6 is 0 Å². The molecule has 2 unspecified atom stereocenters. The summed E-state index contributed by atoms with van der Waals surface area (Å²) in [5, 5.41) is 3.20. The summed E-state index contributed by atoms with van der Waals surface area (Å²) in [7, 11) is 0. The van der Waals surface area contributed by atoms with E-state index in [-0.39, 0.29) is 17.9 Å². The number of piperidine rings is 3. The summed E-state index contributed by atoms with van der Waals surface area (Å²) in [6, 6.07) is 14.9. The molecule has 5 rings (SSSR count). The van der Waals surface area contributed by atoms with Crippen LogP contribution in [0.2, 0.25) is 0 Å². The van der Waals surface area contributed by atoms with Crippen LogP contribution in [0.5, 0.6) is 0 Å². The number of fused-ring (bicyclic) bond motifs is 3. The smallest absolute Gasteiger partial charge is 0.333 e. The van der Waals surface area contributed by atoms with Gasteiger partial charge in [0, 0.05) is 12.2 Å². The molecule has 0 aliphatic carbocycles. The first-order chi connectivity index (χ1) is 12.7. The zero-order chi connectivity index (χ0) is 17.9. The molecule has 3 heterocycles. The number of hydrogen-bond donors (Lipinski definition) is 1. The van der Waals surface area contributed by atoms with Crippen LogP contribution in [-0.2, 0) is 9.53 Å². The van der Waals surface area contributed by atoms with Crippen LogP contribution in [0.25, 0.3) is 0 Å². The van der Waals surface area contributed by atoms with Crippen LogP contribution in [-0.4, -0.2) is 36.6 Å². The van der Waals surface area contributed by atoms with Gasteiger partial charge < -0.3 is 10.1 Å². The van der Waals surface area contributed by atoms with Crippen LogP contribution in [0.15, 0.2) is 54.6 Å². The fourth-order valence-corrected chi connectivity index (χ4v) is 3.93. The second kappa shape index (κ2) is 7.46. The second-order valence-corrected chi connectivity index (χ2v) is 7.11. The minimum atomic E-state index is -0.733. The van der Waals surface area contributed by atoms with Crippen molar-refractivity contribution >= 4 is 11.7 Å². The highest BCUT2D eigenvalue weighted by atomic mass is 19.1. The number of halogens is 1. The molecule has 26 heavy (non-hydrogen) atoms. The monoisotopic (exact) mass is 354 g/mol. The summed E-state index contributed by atoms with van der Waals surface area (Å²) < 4.78 is 19.6. The number of benzene rings is 2. The van der Waals surface area contributed by atoms with Crippen LogP contribution in [0, 0.1) is 11.7 Å². The van der Waals surface area contributed by atoms with Gasteiger partial charge in [-0.1, -0.05) is 30.3 Å². The predicted molar refractivity (Wildman–Crippen MR) is 98.2 cm³/mol. The van der Waals surface area contributed by atoms with Gasteiger partial charge in [-0.05, 0) is 61.7 Å². The predicted octanol–water partition coefficient (Wildman–Crippen LogP) is 3.62. The van der Waals surface area contributed by atoms with Crippen LogP contribution in [0.3, 0.4) is 0 Å². The van der Waals surface area contributed by atoms with E-state index in [2.05, 4.69) is 10.2 Å². The lowest BCUT2D eigenvalue weighted by molar-refractivity contribution is -0.159. The highest BCUT2D eigenvalue weighted by Gasteiger charge is 2.37. The zero-order valence-electron chi connectivity index (χ0n) is 14.6. The number of carbonyl (C=O) groups excluding carboxylic acids is 1. The number of hydrogen-bond acceptors (Lipinski definition) is 4. The number of carbonyl (C=O) groups is 1. The number of nitrogens with zero attached hydrogens (tertiary/aromatic N) is 1. The lowest BCUT2D eigenvalue weighted by atomic mass is 9.86. The SMILES string of the molecule is O=C(OC1CN2CCC1CC2)C(Nc1ccccc1)c1cccc(F)c1. The van der Waals surface area contributed by atoms with Crippen LogP contribution in [0.1, 0.15) is 24.4 Å². The molecule has 0 amide bonds. The Morgan fingerprint density at radius 1 is 1.12 bits per heavy atom. The van der Waals surface area contributed by atoms with Crippen molar-refractivity contribution in [2.24, 2.45) is 5.92 Å². The lowest BCUT2D eigenvalue weighted by Crippen LogP contribution is -2.52. The molecule has 2 aromatic carbocycles. The van der Waals surface area contributed by atoms with Crippen molar-refractivity contribution in [1.29, 1.82) is 0 Å². The lowest BCUT2D eigenvalue weighted by Gasteiger charge is -2.44. The van der Waals surface area contributed by atoms with E-state index in [4.69, 9.17) is 4.74 Å². The highest BCUT2D eigenvalue weighted by Crippen LogP contribution is 2.31. The molecule has 0 aromatic heterocycles. The number of esters is 1. The van der Waals surface area contributed by atoms with E-state index in [0.29, 0.717) is 11.5 Å². The highest BCUT2D eigenvalue weighted by molar-refractivity contribution is 5.81. The minimum absolute atomic E-state index is 0.0707. The molecule has 136 valence electrons. The Bertz CT molecular complexity index is 760. The first-order valence-electron chi connectivity index (χ1n) is 9.19. The van der Waals surface area contributed by atoms with E-state index < -0.39 is 6.04 Å². The van der Waals surface area contributed by atoms with Crippen molar-refractivity contribution in [3.63, 3.8) is 0 Å². The number of nitrogens with one attached hydrogen (secondary N) is 1. The maximum atomic E-state index is 13.7. The Labute approximate surface area is 153 Å². The molecular weight excluding hydrogens is 331 g/mol. The Kier molecular flexibility index (Phi) is 4.89. The molecule has 3 fully saturated rings. The summed E-state index contributed by atoms with van der Waals surface area (Å²) in [6.07, 6.45) is 2.09. The average Bonchev–Trinajstić information content (AvgIpc) is 2.68. The Hall–Kier alpha value is -2.40. The first kappa shape index (κ1) is 17.0. The summed E-state index contributed by atoms with van der Waals surface area (Å²) >= 11 is 0. The first-order valence-corrected chi connectivity index (χ1v) is 9.19. The van der Waals surface area contributed by atoms with Crippen molar-refractivity contribution < 1.29 is 13.9 Å². The number of anilines is 1. The van der Waals surface area contributed by atoms with Gasteiger partial charge in [-0.25, -0.2) is 9.18 Å². The molecule has 0 radical (unpaired) electrons. The molecule has 4 nitrogen and oxygen atoms in total. The fraction of sp³-hybridized carbons (Fsp3) is 0.381. The number of para-hydroxylation sites is 1. The van der Waals surface area contributed by atoms with E-state index in [9.17, 15) is 9.18 Å². The van der Waals surface area contributed by atoms with Gasteiger partial charge in [0.05, 0.1) is 0 Å². The number of rotatable bonds is 5. The summed E-state index contributed by atoms with van der Waals surface area (Å²) in [5.41, 5.74) is 1.37. The van der Waals surface area contributed by atoms with Gasteiger partial charge in [0.15, 0.2) is 6.04 Å². The normalized spacial score (nSPS) is 25.5. The van der Waals surface area contributed by atoms with Crippen molar-refractivity contribution in [3.05, 3.63) is 66.0 Å². The van der Waals surface area contributed by atoms with Crippen molar-refractivity contribution in [2.75, 3.05) is 25.0 Å². The van der Waals surface area contributed by atoms with E-state index >= 15 is 0 Å². The molecule has 5 heteroatoms. The van der Waals surface area contributed by atoms with E-state index in [1.54, 1.807) is 12.1 Å². The largest absolute Gasteiger partial charge is 0.459 e. The summed E-state index contributed by atoms with van der Waals surface area (Å²) in [6.45, 7) is 2.99. The third-order valence-electron chi connectivity index (χ3n) is 5.37. The van der Waals surface area contributed by atoms with E-state index in [1.807, 2.05) is 30.3 Å². The third kappa shape index (κ3) is 3.73. The van der Waals surface area contributed by atoms with Crippen molar-refractivity contribution in [3.8, 4) is 0 Å². The van der Waals surface area contributed by atoms with Gasteiger partial charge in [-0.2, -0.15) is 0 Å². The van der Waals surface area contributed by atoms with Gasteiger partial charge in [-0.3, -0.25) is 4.90 Å². The van der Waals surface area contributed by atoms with Crippen molar-refractivity contribution in [1.82, 2.24) is 4.90 Å². The second-order valence-electron chi connectivity index (χ2n) is 7.11. The molecule has 1 N–H and O–H groups in total. The Morgan fingerprint density at radius 2 is 1.88 bits per heavy atom. The Balaban J connectivity index is 1.54. The van der Waals surface area contributed by atoms with Gasteiger partial charge in [-0.15, -0.1) is 0 Å². The molecule has 2 aromatic rings. The van der Waals surface area contributed by atoms with Gasteiger partial charge >= 0.3 is 5.97 Å². The maximum absolute atomic E-state index is 13.7. The quantitative estimate of drug-likeness (QED) is 0.833. The van der Waals surface area contributed by atoms with Crippen molar-refractivity contribution in [2.45, 2.75) is 25.0 Å². The molecule has 2 atom stereocenters. The molecule has 3 saturated heterocycles. The Morgan fingerprint density at radius 3 is 2.54 bits per heavy atom. The zero-order valence-corrected chi connectivity index (χ0v) is 14.6. The van der Waals surface area contributed by atoms with Gasteiger partial charge in [0.2, 0.25) is 0 Å². The number of ether oxygens (including phenoxy) is 1. The molecule has 0 saturated carbocycles. The summed E-state index contributed by atoms with van der Waals surface area (Å²) in [4.78, 5) is 15.3. The summed E-state index contributed by atoms with van der Waals surface area (Å²) in [5.74, 6) is -0.273. The molecular formula is C21H23FN2O2. The topological polar surface area (TPSA) is 41.6 Å². The molecule has 2 bridgehead atoms. The fourth-order valence-electron chi connectivity index (χ4n) is 3.93. The third-order valence-corrected chi connectivity index (χ3v) is 5.37. The molecule has 3 aliphatic rings. The van der Waals surface area contributed by atoms with Gasteiger partial charge in [0.25, 0.3) is 0 Å². The van der Waals surface area contributed by atoms with Crippen LogP contribution in [0.4, 0.5) is 10.1 Å². The maximum Gasteiger partial charge on any atom is 0.333 e. The molecule has 0 spiro atoms. The average molecular weight is 354 g/mol. The van der Waals surface area contributed by atoms with E-state index in [0.717, 1.165) is 38.2 Å². The standard InChI is InChI=1S/C21H23FN2O2/c22-17-6-4-5-16(13-17)20(23-18-7-2-1-3-8-18)21(25)26-19-14-24-11-9-15(19)10-12-24/h1-8,13,15,19-20,23H,9-12,14H2.